The molecule has 0 spiro atoms. The normalized spacial score (nSPS) is 25.6. The van der Waals surface area contributed by atoms with Gasteiger partial charge < -0.3 is 0 Å². The van der Waals surface area contributed by atoms with E-state index < -0.39 is 0 Å². The molecule has 3 unspecified atom stereocenters. The molecule has 0 bridgehead atoms. The predicted molar refractivity (Wildman–Crippen MR) is 78.3 cm³/mol. The first kappa shape index (κ1) is 15.1. The van der Waals surface area contributed by atoms with Crippen LogP contribution in [0.5, 0.6) is 0 Å². The standard InChI is InChI=1S/C17H34/c1-4-6-7-10-16(5-2)11-8-9-12-17-14-13-15(17)3/h15-17H,4-14H2,1-3H3. The maximum Gasteiger partial charge on any atom is -0.0388 e. The Hall–Kier alpha value is 0. The highest BCUT2D eigenvalue weighted by atomic mass is 14.3. The molecule has 0 aromatic carbocycles. The highest BCUT2D eigenvalue weighted by molar-refractivity contribution is 4.76. The van der Waals surface area contributed by atoms with E-state index >= 15 is 0 Å². The van der Waals surface area contributed by atoms with Gasteiger partial charge in [0.15, 0.2) is 0 Å². The molecule has 1 aliphatic rings. The Morgan fingerprint density at radius 3 is 2.12 bits per heavy atom. The van der Waals surface area contributed by atoms with Crippen molar-refractivity contribution in [1.82, 2.24) is 0 Å². The third-order valence-corrected chi connectivity index (χ3v) is 5.03. The summed E-state index contributed by atoms with van der Waals surface area (Å²) < 4.78 is 0. The van der Waals surface area contributed by atoms with Crippen LogP contribution < -0.4 is 0 Å². The lowest BCUT2D eigenvalue weighted by atomic mass is 9.72. The van der Waals surface area contributed by atoms with Crippen LogP contribution in [0.2, 0.25) is 0 Å². The second kappa shape index (κ2) is 9.00. The van der Waals surface area contributed by atoms with Crippen LogP contribution in [0, 0.1) is 17.8 Å². The molecule has 3 atom stereocenters. The van der Waals surface area contributed by atoms with Crippen LogP contribution in [-0.2, 0) is 0 Å². The van der Waals surface area contributed by atoms with Gasteiger partial charge in [-0.05, 0) is 24.2 Å². The molecule has 0 amide bonds. The van der Waals surface area contributed by atoms with Crippen LogP contribution in [0.3, 0.4) is 0 Å². The maximum absolute atomic E-state index is 2.44. The maximum atomic E-state index is 2.44. The fraction of sp³-hybridized carbons (Fsp3) is 1.00. The molecule has 0 saturated heterocycles. The molecule has 1 rings (SSSR count). The second-order valence-corrected chi connectivity index (χ2v) is 6.37. The largest absolute Gasteiger partial charge is 0.0654 e. The number of hydrogen-bond donors (Lipinski definition) is 0. The van der Waals surface area contributed by atoms with Crippen molar-refractivity contribution in [1.29, 1.82) is 0 Å². The monoisotopic (exact) mass is 238 g/mol. The minimum absolute atomic E-state index is 1.03. The Balaban J connectivity index is 1.95. The average Bonchev–Trinajstić information content (AvgIpc) is 2.34. The third kappa shape index (κ3) is 5.93. The van der Waals surface area contributed by atoms with Crippen LogP contribution in [0.25, 0.3) is 0 Å². The highest BCUT2D eigenvalue weighted by Crippen LogP contribution is 2.37. The SMILES string of the molecule is CCCCCC(CC)CCCCC1CCC1C. The summed E-state index contributed by atoms with van der Waals surface area (Å²) in [7, 11) is 0. The van der Waals surface area contributed by atoms with Gasteiger partial charge in [-0.15, -0.1) is 0 Å². The van der Waals surface area contributed by atoms with Gasteiger partial charge in [0, 0.05) is 0 Å². The Morgan fingerprint density at radius 2 is 1.65 bits per heavy atom. The van der Waals surface area contributed by atoms with Gasteiger partial charge in [0.1, 0.15) is 0 Å². The molecule has 0 N–H and O–H groups in total. The Kier molecular flexibility index (Phi) is 7.97. The molecule has 0 heterocycles. The molecule has 0 nitrogen and oxygen atoms in total. The summed E-state index contributed by atoms with van der Waals surface area (Å²) in [5, 5.41) is 0. The lowest BCUT2D eigenvalue weighted by Crippen LogP contribution is -2.22. The first-order valence-electron chi connectivity index (χ1n) is 8.27. The third-order valence-electron chi connectivity index (χ3n) is 5.03. The summed E-state index contributed by atoms with van der Waals surface area (Å²) in [6.07, 6.45) is 16.2. The molecule has 0 aliphatic heterocycles. The first-order valence-corrected chi connectivity index (χ1v) is 8.27. The number of rotatable bonds is 10. The van der Waals surface area contributed by atoms with Crippen molar-refractivity contribution >= 4 is 0 Å². The fourth-order valence-electron chi connectivity index (χ4n) is 3.24. The molecule has 0 heteroatoms. The minimum atomic E-state index is 1.03. The van der Waals surface area contributed by atoms with Crippen molar-refractivity contribution in [2.45, 2.75) is 91.4 Å². The van der Waals surface area contributed by atoms with Crippen molar-refractivity contribution in [3.8, 4) is 0 Å². The second-order valence-electron chi connectivity index (χ2n) is 6.37. The van der Waals surface area contributed by atoms with Crippen molar-refractivity contribution in [2.24, 2.45) is 17.8 Å². The molecule has 102 valence electrons. The Bertz CT molecular complexity index is 173. The Morgan fingerprint density at radius 1 is 0.941 bits per heavy atom. The number of unbranched alkanes of at least 4 members (excludes halogenated alkanes) is 3. The van der Waals surface area contributed by atoms with Gasteiger partial charge in [0.05, 0.1) is 0 Å². The van der Waals surface area contributed by atoms with E-state index in [1.54, 1.807) is 0 Å². The van der Waals surface area contributed by atoms with Crippen molar-refractivity contribution < 1.29 is 0 Å². The van der Waals surface area contributed by atoms with Gasteiger partial charge in [-0.1, -0.05) is 85.0 Å². The van der Waals surface area contributed by atoms with E-state index in [-0.39, 0.29) is 0 Å². The predicted octanol–water partition coefficient (Wildman–Crippen LogP) is 6.20. The van der Waals surface area contributed by atoms with E-state index in [1.807, 2.05) is 0 Å². The topological polar surface area (TPSA) is 0 Å². The van der Waals surface area contributed by atoms with E-state index in [0.29, 0.717) is 0 Å². The number of hydrogen-bond acceptors (Lipinski definition) is 0. The zero-order valence-corrected chi connectivity index (χ0v) is 12.5. The van der Waals surface area contributed by atoms with Crippen LogP contribution in [-0.4, -0.2) is 0 Å². The summed E-state index contributed by atoms with van der Waals surface area (Å²) in [5.41, 5.74) is 0. The summed E-state index contributed by atoms with van der Waals surface area (Å²) >= 11 is 0. The first-order chi connectivity index (χ1) is 8.27. The average molecular weight is 238 g/mol. The molecule has 1 aliphatic carbocycles. The summed E-state index contributed by atoms with van der Waals surface area (Å²) in [6, 6.07) is 0. The quantitative estimate of drug-likeness (QED) is 0.397. The van der Waals surface area contributed by atoms with Crippen molar-refractivity contribution in [2.75, 3.05) is 0 Å². The molecular weight excluding hydrogens is 204 g/mol. The fourth-order valence-corrected chi connectivity index (χ4v) is 3.24. The van der Waals surface area contributed by atoms with Crippen LogP contribution in [0.15, 0.2) is 0 Å². The smallest absolute Gasteiger partial charge is 0.0388 e. The molecule has 0 aromatic heterocycles. The van der Waals surface area contributed by atoms with Gasteiger partial charge in [-0.3, -0.25) is 0 Å². The van der Waals surface area contributed by atoms with Gasteiger partial charge in [0.2, 0.25) is 0 Å². The highest BCUT2D eigenvalue weighted by Gasteiger charge is 2.25. The van der Waals surface area contributed by atoms with Gasteiger partial charge in [-0.25, -0.2) is 0 Å². The van der Waals surface area contributed by atoms with Gasteiger partial charge >= 0.3 is 0 Å². The lowest BCUT2D eigenvalue weighted by molar-refractivity contribution is 0.177. The van der Waals surface area contributed by atoms with Crippen molar-refractivity contribution in [3.05, 3.63) is 0 Å². The summed E-state index contributed by atoms with van der Waals surface area (Å²) in [4.78, 5) is 0. The van der Waals surface area contributed by atoms with Crippen LogP contribution in [0.1, 0.15) is 91.4 Å². The molecular formula is C17H34. The molecule has 0 radical (unpaired) electrons. The van der Waals surface area contributed by atoms with E-state index in [4.69, 9.17) is 0 Å². The lowest BCUT2D eigenvalue weighted by Gasteiger charge is -2.34. The molecule has 0 aromatic rings. The van der Waals surface area contributed by atoms with E-state index in [0.717, 1.165) is 17.8 Å². The zero-order valence-electron chi connectivity index (χ0n) is 12.5. The van der Waals surface area contributed by atoms with Crippen LogP contribution in [0.4, 0.5) is 0 Å². The molecule has 1 saturated carbocycles. The Labute approximate surface area is 110 Å². The van der Waals surface area contributed by atoms with E-state index in [9.17, 15) is 0 Å². The van der Waals surface area contributed by atoms with E-state index in [2.05, 4.69) is 20.8 Å². The zero-order chi connectivity index (χ0) is 12.5. The van der Waals surface area contributed by atoms with E-state index in [1.165, 1.54) is 70.6 Å². The van der Waals surface area contributed by atoms with Gasteiger partial charge in [-0.2, -0.15) is 0 Å². The molecule has 1 fully saturated rings. The van der Waals surface area contributed by atoms with Crippen molar-refractivity contribution in [3.63, 3.8) is 0 Å². The summed E-state index contributed by atoms with van der Waals surface area (Å²) in [5.74, 6) is 3.16. The summed E-state index contributed by atoms with van der Waals surface area (Å²) in [6.45, 7) is 7.12. The molecule has 17 heavy (non-hydrogen) atoms. The van der Waals surface area contributed by atoms with Gasteiger partial charge in [0.25, 0.3) is 0 Å². The van der Waals surface area contributed by atoms with Crippen LogP contribution >= 0.6 is 0 Å². The minimum Gasteiger partial charge on any atom is -0.0654 e.